The third-order valence-electron chi connectivity index (χ3n) is 3.33. The van der Waals surface area contributed by atoms with E-state index in [2.05, 4.69) is 0 Å². The fourth-order valence-electron chi connectivity index (χ4n) is 2.29. The monoisotopic (exact) mass is 286 g/mol. The number of rotatable bonds is 2. The van der Waals surface area contributed by atoms with Gasteiger partial charge in [0.1, 0.15) is 0 Å². The van der Waals surface area contributed by atoms with Gasteiger partial charge in [-0.05, 0) is 30.7 Å². The molecule has 0 fully saturated rings. The molecule has 20 heavy (non-hydrogen) atoms. The summed E-state index contributed by atoms with van der Waals surface area (Å²) in [5.41, 5.74) is 1.18. The van der Waals surface area contributed by atoms with Crippen LogP contribution in [-0.4, -0.2) is 14.2 Å². The van der Waals surface area contributed by atoms with Gasteiger partial charge in [-0.3, -0.25) is 4.79 Å². The minimum Gasteiger partial charge on any atom is -0.493 e. The Morgan fingerprint density at radius 1 is 0.900 bits per heavy atom. The van der Waals surface area contributed by atoms with E-state index in [1.165, 1.54) is 0 Å². The summed E-state index contributed by atoms with van der Waals surface area (Å²) in [5, 5.41) is 1.42. The number of methoxy groups -OCH3 is 2. The molecular formula is C16H14O3S. The molecule has 0 spiro atoms. The highest BCUT2D eigenvalue weighted by Crippen LogP contribution is 2.34. The Hall–Kier alpha value is -2.07. The maximum absolute atomic E-state index is 12.6. The lowest BCUT2D eigenvalue weighted by atomic mass is 10.1. The van der Waals surface area contributed by atoms with Crippen LogP contribution in [0.2, 0.25) is 0 Å². The normalized spacial score (nSPS) is 10.9. The van der Waals surface area contributed by atoms with E-state index in [0.717, 1.165) is 20.3 Å². The van der Waals surface area contributed by atoms with Crippen LogP contribution >= 0.6 is 11.3 Å². The van der Waals surface area contributed by atoms with Crippen molar-refractivity contribution in [3.05, 3.63) is 46.1 Å². The number of hydrogen-bond donors (Lipinski definition) is 0. The Bertz CT molecular complexity index is 865. The van der Waals surface area contributed by atoms with Crippen LogP contribution in [0.25, 0.3) is 20.2 Å². The molecule has 0 radical (unpaired) electrons. The van der Waals surface area contributed by atoms with Gasteiger partial charge in [-0.15, -0.1) is 11.3 Å². The molecule has 0 aliphatic carbocycles. The third-order valence-corrected chi connectivity index (χ3v) is 4.45. The van der Waals surface area contributed by atoms with Crippen molar-refractivity contribution < 1.29 is 9.47 Å². The molecule has 3 rings (SSSR count). The topological polar surface area (TPSA) is 35.5 Å². The smallest absolute Gasteiger partial charge is 0.196 e. The average molecular weight is 286 g/mol. The SMILES string of the molecule is COc1cc2sc3cc(C)ccc3c(=O)c2cc1OC. The molecular weight excluding hydrogens is 272 g/mol. The first kappa shape index (κ1) is 12.9. The second-order valence-electron chi connectivity index (χ2n) is 4.63. The van der Waals surface area contributed by atoms with Gasteiger partial charge < -0.3 is 9.47 Å². The largest absolute Gasteiger partial charge is 0.493 e. The van der Waals surface area contributed by atoms with Crippen LogP contribution in [0, 0.1) is 6.92 Å². The second-order valence-corrected chi connectivity index (χ2v) is 5.72. The molecule has 2 aromatic carbocycles. The van der Waals surface area contributed by atoms with E-state index in [4.69, 9.17) is 9.47 Å². The Labute approximate surface area is 120 Å². The molecule has 102 valence electrons. The van der Waals surface area contributed by atoms with Crippen LogP contribution in [0.15, 0.2) is 35.1 Å². The van der Waals surface area contributed by atoms with Crippen LogP contribution < -0.4 is 14.9 Å². The Kier molecular flexibility index (Phi) is 3.10. The van der Waals surface area contributed by atoms with Crippen molar-refractivity contribution in [1.29, 1.82) is 0 Å². The lowest BCUT2D eigenvalue weighted by molar-refractivity contribution is 0.356. The number of hydrogen-bond acceptors (Lipinski definition) is 4. The maximum atomic E-state index is 12.6. The van der Waals surface area contributed by atoms with Crippen LogP contribution in [0.5, 0.6) is 11.5 Å². The predicted octanol–water partition coefficient (Wildman–Crippen LogP) is 3.74. The first-order chi connectivity index (χ1) is 9.63. The molecule has 0 aliphatic rings. The van der Waals surface area contributed by atoms with Gasteiger partial charge in [0, 0.05) is 26.2 Å². The van der Waals surface area contributed by atoms with Crippen molar-refractivity contribution in [3.8, 4) is 11.5 Å². The molecule has 1 heterocycles. The number of fused-ring (bicyclic) bond motifs is 2. The zero-order valence-electron chi connectivity index (χ0n) is 11.5. The van der Waals surface area contributed by atoms with Crippen LogP contribution in [-0.2, 0) is 0 Å². The van der Waals surface area contributed by atoms with Gasteiger partial charge in [0.15, 0.2) is 16.9 Å². The van der Waals surface area contributed by atoms with Gasteiger partial charge in [-0.2, -0.15) is 0 Å². The summed E-state index contributed by atoms with van der Waals surface area (Å²) in [4.78, 5) is 12.6. The maximum Gasteiger partial charge on any atom is 0.196 e. The highest BCUT2D eigenvalue weighted by atomic mass is 32.1. The number of aryl methyl sites for hydroxylation is 1. The summed E-state index contributed by atoms with van der Waals surface area (Å²) in [5.74, 6) is 1.22. The molecule has 3 aromatic rings. The summed E-state index contributed by atoms with van der Waals surface area (Å²) in [7, 11) is 3.17. The number of benzene rings is 2. The quantitative estimate of drug-likeness (QED) is 0.673. The molecule has 0 N–H and O–H groups in total. The standard InChI is InChI=1S/C16H14O3S/c1-9-4-5-10-14(6-9)20-15-8-13(19-3)12(18-2)7-11(15)16(10)17/h4-8H,1-3H3. The summed E-state index contributed by atoms with van der Waals surface area (Å²) in [6.07, 6.45) is 0. The lowest BCUT2D eigenvalue weighted by Crippen LogP contribution is -2.02. The molecule has 0 aliphatic heterocycles. The molecule has 0 atom stereocenters. The predicted molar refractivity (Wildman–Crippen MR) is 83.4 cm³/mol. The van der Waals surface area contributed by atoms with Crippen LogP contribution in [0.4, 0.5) is 0 Å². The van der Waals surface area contributed by atoms with Gasteiger partial charge in [-0.25, -0.2) is 0 Å². The van der Waals surface area contributed by atoms with E-state index in [9.17, 15) is 4.79 Å². The second kappa shape index (κ2) is 4.80. The summed E-state index contributed by atoms with van der Waals surface area (Å²) in [6.45, 7) is 2.02. The van der Waals surface area contributed by atoms with Crippen LogP contribution in [0.1, 0.15) is 5.56 Å². The summed E-state index contributed by atoms with van der Waals surface area (Å²) < 4.78 is 12.5. The van der Waals surface area contributed by atoms with Crippen molar-refractivity contribution in [2.24, 2.45) is 0 Å². The van der Waals surface area contributed by atoms with Crippen molar-refractivity contribution in [3.63, 3.8) is 0 Å². The molecule has 4 heteroatoms. The van der Waals surface area contributed by atoms with E-state index in [1.54, 1.807) is 31.6 Å². The van der Waals surface area contributed by atoms with E-state index in [0.29, 0.717) is 16.9 Å². The van der Waals surface area contributed by atoms with Gasteiger partial charge in [0.25, 0.3) is 0 Å². The highest BCUT2D eigenvalue weighted by Gasteiger charge is 2.11. The molecule has 0 unspecified atom stereocenters. The molecule has 1 aromatic heterocycles. The zero-order valence-corrected chi connectivity index (χ0v) is 12.3. The van der Waals surface area contributed by atoms with Gasteiger partial charge >= 0.3 is 0 Å². The Balaban J connectivity index is 2.46. The summed E-state index contributed by atoms with van der Waals surface area (Å²) in [6, 6.07) is 9.51. The van der Waals surface area contributed by atoms with Crippen molar-refractivity contribution in [2.75, 3.05) is 14.2 Å². The van der Waals surface area contributed by atoms with E-state index >= 15 is 0 Å². The van der Waals surface area contributed by atoms with Crippen molar-refractivity contribution in [2.45, 2.75) is 6.92 Å². The first-order valence-electron chi connectivity index (χ1n) is 6.23. The molecule has 0 amide bonds. The lowest BCUT2D eigenvalue weighted by Gasteiger charge is -2.09. The van der Waals surface area contributed by atoms with Gasteiger partial charge in [0.2, 0.25) is 0 Å². The van der Waals surface area contributed by atoms with E-state index in [1.807, 2.05) is 31.2 Å². The molecule has 0 saturated carbocycles. The van der Waals surface area contributed by atoms with Crippen molar-refractivity contribution in [1.82, 2.24) is 0 Å². The Morgan fingerprint density at radius 3 is 2.25 bits per heavy atom. The molecule has 0 saturated heterocycles. The average Bonchev–Trinajstić information content (AvgIpc) is 2.46. The fraction of sp³-hybridized carbons (Fsp3) is 0.188. The fourth-order valence-corrected chi connectivity index (χ4v) is 3.47. The zero-order chi connectivity index (χ0) is 14.3. The minimum absolute atomic E-state index is 0.0368. The first-order valence-corrected chi connectivity index (χ1v) is 7.05. The van der Waals surface area contributed by atoms with Gasteiger partial charge in [-0.1, -0.05) is 6.07 Å². The minimum atomic E-state index is 0.0368. The van der Waals surface area contributed by atoms with Crippen LogP contribution in [0.3, 0.4) is 0 Å². The Morgan fingerprint density at radius 2 is 1.55 bits per heavy atom. The van der Waals surface area contributed by atoms with E-state index in [-0.39, 0.29) is 5.43 Å². The molecule has 3 nitrogen and oxygen atoms in total. The molecule has 0 bridgehead atoms. The van der Waals surface area contributed by atoms with E-state index < -0.39 is 0 Å². The highest BCUT2D eigenvalue weighted by molar-refractivity contribution is 7.24. The third kappa shape index (κ3) is 1.93. The van der Waals surface area contributed by atoms with Gasteiger partial charge in [0.05, 0.1) is 14.2 Å². The summed E-state index contributed by atoms with van der Waals surface area (Å²) >= 11 is 1.59. The number of ether oxygens (including phenoxy) is 2. The van der Waals surface area contributed by atoms with Crippen molar-refractivity contribution >= 4 is 31.5 Å².